The lowest BCUT2D eigenvalue weighted by atomic mass is 9.44. The summed E-state index contributed by atoms with van der Waals surface area (Å²) in [7, 11) is 0. The van der Waals surface area contributed by atoms with E-state index < -0.39 is 0 Å². The van der Waals surface area contributed by atoms with Crippen molar-refractivity contribution in [3.63, 3.8) is 0 Å². The number of hydrogen-bond acceptors (Lipinski definition) is 3. The summed E-state index contributed by atoms with van der Waals surface area (Å²) in [6, 6.07) is 3.92. The molecule has 0 aromatic heterocycles. The van der Waals surface area contributed by atoms with Crippen molar-refractivity contribution in [3.05, 3.63) is 23.3 Å². The van der Waals surface area contributed by atoms with E-state index in [2.05, 4.69) is 26.8 Å². The lowest BCUT2D eigenvalue weighted by molar-refractivity contribution is -0.156. The molecule has 4 aliphatic rings. The van der Waals surface area contributed by atoms with Crippen LogP contribution in [-0.4, -0.2) is 17.3 Å². The first-order chi connectivity index (χ1) is 11.8. The van der Waals surface area contributed by atoms with E-state index in [4.69, 9.17) is 9.47 Å². The van der Waals surface area contributed by atoms with Crippen LogP contribution >= 0.6 is 0 Å². The van der Waals surface area contributed by atoms with E-state index in [-0.39, 0.29) is 17.1 Å². The molecule has 25 heavy (non-hydrogen) atoms. The number of ether oxygens (including phenoxy) is 2. The van der Waals surface area contributed by atoms with Crippen LogP contribution in [0.3, 0.4) is 0 Å². The van der Waals surface area contributed by atoms with Crippen LogP contribution in [0.1, 0.15) is 70.1 Å². The second-order valence-electron chi connectivity index (χ2n) is 9.99. The predicted molar refractivity (Wildman–Crippen MR) is 96.8 cm³/mol. The van der Waals surface area contributed by atoms with Crippen LogP contribution in [0.2, 0.25) is 0 Å². The van der Waals surface area contributed by atoms with Crippen molar-refractivity contribution < 1.29 is 14.6 Å². The Balaban J connectivity index is 1.69. The Kier molecular flexibility index (Phi) is 3.03. The molecule has 5 rings (SSSR count). The van der Waals surface area contributed by atoms with Gasteiger partial charge in [-0.2, -0.15) is 0 Å². The molecule has 0 unspecified atom stereocenters. The molecule has 5 atom stereocenters. The summed E-state index contributed by atoms with van der Waals surface area (Å²) in [5, 5.41) is 10.7. The normalized spacial score (nSPS) is 43.6. The van der Waals surface area contributed by atoms with Crippen LogP contribution in [0.15, 0.2) is 12.1 Å². The van der Waals surface area contributed by atoms with Crippen LogP contribution in [0.5, 0.6) is 11.5 Å². The molecule has 0 radical (unpaired) electrons. The molecule has 3 nitrogen and oxygen atoms in total. The number of phenols is 1. The Bertz CT molecular complexity index is 739. The number of hydrogen-bond donors (Lipinski definition) is 1. The van der Waals surface area contributed by atoms with Gasteiger partial charge in [-0.3, -0.25) is 0 Å². The zero-order chi connectivity index (χ0) is 17.6. The summed E-state index contributed by atoms with van der Waals surface area (Å²) >= 11 is 0. The second kappa shape index (κ2) is 4.73. The van der Waals surface area contributed by atoms with Gasteiger partial charge in [-0.15, -0.1) is 0 Å². The molecular weight excluding hydrogens is 312 g/mol. The molecule has 1 saturated heterocycles. The summed E-state index contributed by atoms with van der Waals surface area (Å²) in [5.41, 5.74) is 2.33. The highest BCUT2D eigenvalue weighted by Crippen LogP contribution is 2.71. The molecule has 1 spiro atoms. The molecular formula is C22H30O3. The van der Waals surface area contributed by atoms with Crippen LogP contribution in [0.4, 0.5) is 0 Å². The Morgan fingerprint density at radius 2 is 1.92 bits per heavy atom. The van der Waals surface area contributed by atoms with Crippen LogP contribution in [-0.2, 0) is 4.74 Å². The van der Waals surface area contributed by atoms with Crippen molar-refractivity contribution in [1.29, 1.82) is 0 Å². The lowest BCUT2D eigenvalue weighted by Crippen LogP contribution is -2.61. The molecule has 0 amide bonds. The van der Waals surface area contributed by atoms with E-state index >= 15 is 0 Å². The van der Waals surface area contributed by atoms with Gasteiger partial charge in [0, 0.05) is 11.3 Å². The monoisotopic (exact) mass is 342 g/mol. The fourth-order valence-electron chi connectivity index (χ4n) is 7.20. The van der Waals surface area contributed by atoms with Crippen molar-refractivity contribution in [2.45, 2.75) is 71.5 Å². The van der Waals surface area contributed by atoms with E-state index in [9.17, 15) is 5.11 Å². The molecule has 1 aromatic rings. The quantitative estimate of drug-likeness (QED) is 0.709. The highest BCUT2D eigenvalue weighted by Gasteiger charge is 2.69. The average molecular weight is 342 g/mol. The zero-order valence-electron chi connectivity index (χ0n) is 15.9. The van der Waals surface area contributed by atoms with E-state index in [1.807, 2.05) is 13.0 Å². The molecule has 2 aliphatic heterocycles. The maximum Gasteiger partial charge on any atom is 0.129 e. The highest BCUT2D eigenvalue weighted by atomic mass is 16.5. The van der Waals surface area contributed by atoms with Crippen molar-refractivity contribution >= 4 is 0 Å². The largest absolute Gasteiger partial charge is 0.507 e. The SMILES string of the molecule is Cc1cc(O)c2c(c1)O[C@]1(C)CC[C@@H]3C(C)(C)CCC[C@]34CO[C@H]2[C@@H]41. The number of phenolic OH excluding ortho intramolecular Hbond substituents is 1. The second-order valence-corrected chi connectivity index (χ2v) is 9.99. The van der Waals surface area contributed by atoms with Gasteiger partial charge in [-0.05, 0) is 68.6 Å². The smallest absolute Gasteiger partial charge is 0.129 e. The lowest BCUT2D eigenvalue weighted by Gasteiger charge is -2.61. The topological polar surface area (TPSA) is 38.7 Å². The third-order valence-corrected chi connectivity index (χ3v) is 8.03. The number of aromatic hydroxyl groups is 1. The first kappa shape index (κ1) is 16.0. The molecule has 2 aliphatic carbocycles. The van der Waals surface area contributed by atoms with Gasteiger partial charge in [0.1, 0.15) is 17.1 Å². The fraction of sp³-hybridized carbons (Fsp3) is 0.727. The van der Waals surface area contributed by atoms with Gasteiger partial charge < -0.3 is 14.6 Å². The first-order valence-corrected chi connectivity index (χ1v) is 9.91. The molecule has 1 N–H and O–H groups in total. The Labute approximate surface area is 150 Å². The van der Waals surface area contributed by atoms with Crippen LogP contribution < -0.4 is 4.74 Å². The fourth-order valence-corrected chi connectivity index (χ4v) is 7.20. The van der Waals surface area contributed by atoms with Crippen molar-refractivity contribution in [2.75, 3.05) is 6.61 Å². The molecule has 136 valence electrons. The van der Waals surface area contributed by atoms with Crippen molar-refractivity contribution in [2.24, 2.45) is 22.7 Å². The zero-order valence-corrected chi connectivity index (χ0v) is 15.9. The van der Waals surface area contributed by atoms with E-state index in [1.54, 1.807) is 0 Å². The first-order valence-electron chi connectivity index (χ1n) is 9.91. The van der Waals surface area contributed by atoms with Crippen LogP contribution in [0.25, 0.3) is 0 Å². The van der Waals surface area contributed by atoms with Gasteiger partial charge in [0.2, 0.25) is 0 Å². The van der Waals surface area contributed by atoms with Gasteiger partial charge in [0.05, 0.1) is 18.3 Å². The van der Waals surface area contributed by atoms with E-state index in [1.165, 1.54) is 25.7 Å². The third-order valence-electron chi connectivity index (χ3n) is 8.03. The van der Waals surface area contributed by atoms with Gasteiger partial charge >= 0.3 is 0 Å². The summed E-state index contributed by atoms with van der Waals surface area (Å²) in [5.74, 6) is 2.22. The van der Waals surface area contributed by atoms with Gasteiger partial charge in [0.15, 0.2) is 0 Å². The number of aryl methyl sites for hydroxylation is 1. The van der Waals surface area contributed by atoms with Crippen LogP contribution in [0, 0.1) is 29.6 Å². The van der Waals surface area contributed by atoms with Gasteiger partial charge in [0.25, 0.3) is 0 Å². The molecule has 3 fully saturated rings. The minimum absolute atomic E-state index is 0.0222. The van der Waals surface area contributed by atoms with E-state index in [0.29, 0.717) is 23.0 Å². The van der Waals surface area contributed by atoms with Gasteiger partial charge in [-0.25, -0.2) is 0 Å². The van der Waals surface area contributed by atoms with Crippen molar-refractivity contribution in [1.82, 2.24) is 0 Å². The molecule has 0 bridgehead atoms. The molecule has 3 heteroatoms. The minimum atomic E-state index is -0.182. The maximum absolute atomic E-state index is 10.7. The van der Waals surface area contributed by atoms with Gasteiger partial charge in [-0.1, -0.05) is 20.3 Å². The number of benzene rings is 1. The summed E-state index contributed by atoms with van der Waals surface area (Å²) in [6.07, 6.45) is 6.12. The van der Waals surface area contributed by atoms with Crippen molar-refractivity contribution in [3.8, 4) is 11.5 Å². The Morgan fingerprint density at radius 3 is 2.72 bits per heavy atom. The maximum atomic E-state index is 10.7. The Morgan fingerprint density at radius 1 is 1.12 bits per heavy atom. The Hall–Kier alpha value is -1.22. The number of fused-ring (bicyclic) bond motifs is 2. The van der Waals surface area contributed by atoms with E-state index in [0.717, 1.165) is 29.9 Å². The summed E-state index contributed by atoms with van der Waals surface area (Å²) in [6.45, 7) is 10.0. The highest BCUT2D eigenvalue weighted by molar-refractivity contribution is 5.51. The summed E-state index contributed by atoms with van der Waals surface area (Å²) < 4.78 is 13.1. The summed E-state index contributed by atoms with van der Waals surface area (Å²) in [4.78, 5) is 0. The minimum Gasteiger partial charge on any atom is -0.507 e. The average Bonchev–Trinajstić information content (AvgIpc) is 2.86. The molecule has 1 aromatic carbocycles. The molecule has 2 heterocycles. The third kappa shape index (κ3) is 1.91. The molecule has 2 saturated carbocycles. The predicted octanol–water partition coefficient (Wildman–Crippen LogP) is 5.15. The standard InChI is InChI=1S/C22H30O3/c1-13-10-14(23)17-15(11-13)25-21(4)9-6-16-20(2,3)7-5-8-22(16)12-24-18(17)19(21)22/h10-11,16,18-19,23H,5-9,12H2,1-4H3/t16-,18-,19-,21-,22+/m1/s1. The number of rotatable bonds is 0.